The van der Waals surface area contributed by atoms with E-state index in [1.165, 1.54) is 12.1 Å². The van der Waals surface area contributed by atoms with Gasteiger partial charge in [-0.05, 0) is 87.6 Å². The largest absolute Gasteiger partial charge is 0.507 e. The summed E-state index contributed by atoms with van der Waals surface area (Å²) in [7, 11) is 0. The molecule has 0 spiro atoms. The van der Waals surface area contributed by atoms with Crippen LogP contribution in [-0.2, 0) is 14.3 Å². The van der Waals surface area contributed by atoms with Crippen LogP contribution in [0.5, 0.6) is 11.8 Å². The van der Waals surface area contributed by atoms with Crippen molar-refractivity contribution in [3.63, 3.8) is 0 Å². The number of anilines is 2. The first-order valence-electron chi connectivity index (χ1n) is 19.7. The van der Waals surface area contributed by atoms with E-state index >= 15 is 4.39 Å². The van der Waals surface area contributed by atoms with Crippen LogP contribution in [-0.4, -0.2) is 75.5 Å². The molecule has 8 rings (SSSR count). The van der Waals surface area contributed by atoms with E-state index in [0.717, 1.165) is 58.1 Å². The molecule has 3 saturated heterocycles. The number of ether oxygens (including phenoxy) is 3. The topological polar surface area (TPSA) is 145 Å². The van der Waals surface area contributed by atoms with Gasteiger partial charge in [-0.25, -0.2) is 13.8 Å². The molecule has 0 saturated carbocycles. The number of terminal acetylenes is 1. The number of nitrogens with two attached hydrogens (primary N) is 1. The Morgan fingerprint density at radius 2 is 1.96 bits per heavy atom. The monoisotopic (exact) mass is 776 g/mol. The van der Waals surface area contributed by atoms with E-state index in [1.807, 2.05) is 13.0 Å². The van der Waals surface area contributed by atoms with Gasteiger partial charge in [0, 0.05) is 42.0 Å². The Labute approximate surface area is 329 Å². The summed E-state index contributed by atoms with van der Waals surface area (Å²) in [4.78, 5) is 28.9. The highest BCUT2D eigenvalue weighted by Crippen LogP contribution is 2.45. The Morgan fingerprint density at radius 1 is 1.09 bits per heavy atom. The molecule has 3 aliphatic rings. The van der Waals surface area contributed by atoms with E-state index in [-0.39, 0.29) is 69.7 Å². The fourth-order valence-electron chi connectivity index (χ4n) is 8.99. The molecule has 0 aliphatic carbocycles. The molecule has 4 atom stereocenters. The van der Waals surface area contributed by atoms with Crippen molar-refractivity contribution in [3.05, 3.63) is 77.5 Å². The second kappa shape index (κ2) is 16.1. The van der Waals surface area contributed by atoms with E-state index in [1.54, 1.807) is 36.5 Å². The Balaban J connectivity index is 1.12. The number of hydrogen-bond acceptors (Lipinski definition) is 11. The number of aromatic hydroxyl groups is 1. The van der Waals surface area contributed by atoms with Crippen molar-refractivity contribution in [2.24, 2.45) is 5.92 Å². The first kappa shape index (κ1) is 38.3. The van der Waals surface area contributed by atoms with Crippen LogP contribution < -0.4 is 15.8 Å². The number of phenolic OH excluding ortho intramolecular Hbond substituents is 1. The van der Waals surface area contributed by atoms with Crippen LogP contribution in [0.2, 0.25) is 0 Å². The highest BCUT2D eigenvalue weighted by Gasteiger charge is 2.50. The first-order valence-corrected chi connectivity index (χ1v) is 19.7. The molecule has 5 aromatic rings. The Hall–Kier alpha value is -5.58. The molecule has 2 aromatic heterocycles. The molecule has 4 unspecified atom stereocenters. The minimum atomic E-state index is -0.773. The smallest absolute Gasteiger partial charge is 0.319 e. The molecule has 0 amide bonds. The van der Waals surface area contributed by atoms with Crippen molar-refractivity contribution < 1.29 is 32.9 Å². The van der Waals surface area contributed by atoms with Gasteiger partial charge in [0.15, 0.2) is 5.82 Å². The third-order valence-corrected chi connectivity index (χ3v) is 11.9. The second-order valence-electron chi connectivity index (χ2n) is 15.4. The van der Waals surface area contributed by atoms with Gasteiger partial charge in [-0.2, -0.15) is 9.97 Å². The van der Waals surface area contributed by atoms with Crippen molar-refractivity contribution in [2.45, 2.75) is 75.9 Å². The number of aromatic nitrogens is 3. The summed E-state index contributed by atoms with van der Waals surface area (Å²) >= 11 is 0. The zero-order chi connectivity index (χ0) is 39.7. The number of nitrogens with zero attached hydrogens (tertiary/aromatic N) is 4. The summed E-state index contributed by atoms with van der Waals surface area (Å²) in [5, 5.41) is 15.9. The van der Waals surface area contributed by atoms with Crippen LogP contribution >= 0.6 is 0 Å². The number of nitrogens with one attached hydrogen (secondary N) is 1. The Bertz CT molecular complexity index is 2360. The fraction of sp³-hybridized carbons (Fsp3) is 0.409. The molecule has 5 heterocycles. The van der Waals surface area contributed by atoms with E-state index in [2.05, 4.69) is 26.1 Å². The number of rotatable bonds is 10. The number of esters is 1. The number of hydrogen-bond donors (Lipinski definition) is 3. The molecule has 3 aromatic carbocycles. The molecule has 57 heavy (non-hydrogen) atoms. The normalized spacial score (nSPS) is 21.7. The second-order valence-corrected chi connectivity index (χ2v) is 15.4. The van der Waals surface area contributed by atoms with Gasteiger partial charge in [0.1, 0.15) is 41.9 Å². The Kier molecular flexibility index (Phi) is 10.8. The third kappa shape index (κ3) is 7.40. The molecule has 3 aliphatic heterocycles. The fourth-order valence-corrected chi connectivity index (χ4v) is 8.99. The summed E-state index contributed by atoms with van der Waals surface area (Å²) in [5.74, 6) is 0.837. The summed E-state index contributed by atoms with van der Waals surface area (Å²) in [6, 6.07) is 12.3. The number of pyridine rings is 1. The van der Waals surface area contributed by atoms with Gasteiger partial charge in [0.2, 0.25) is 0 Å². The molecule has 3 fully saturated rings. The molecule has 13 heteroatoms. The molecular weight excluding hydrogens is 731 g/mol. The minimum absolute atomic E-state index is 0.0153. The number of halogens is 2. The van der Waals surface area contributed by atoms with Crippen LogP contribution in [0.4, 0.5) is 20.4 Å². The van der Waals surface area contributed by atoms with Crippen molar-refractivity contribution in [3.8, 4) is 35.2 Å². The summed E-state index contributed by atoms with van der Waals surface area (Å²) in [6.45, 7) is 4.51. The van der Waals surface area contributed by atoms with Gasteiger partial charge < -0.3 is 30.4 Å². The molecule has 0 bridgehead atoms. The van der Waals surface area contributed by atoms with Crippen LogP contribution in [0.25, 0.3) is 32.8 Å². The lowest BCUT2D eigenvalue weighted by molar-refractivity contribution is -0.151. The van der Waals surface area contributed by atoms with Crippen molar-refractivity contribution >= 4 is 39.3 Å². The number of carbonyl (C=O) groups excluding carboxylic acids is 1. The number of phenols is 1. The predicted molar refractivity (Wildman–Crippen MR) is 214 cm³/mol. The first-order chi connectivity index (χ1) is 27.7. The number of benzene rings is 3. The molecule has 0 radical (unpaired) electrons. The number of carbonyl (C=O) groups is 1. The maximum absolute atomic E-state index is 17.1. The molecule has 4 N–H and O–H groups in total. The van der Waals surface area contributed by atoms with E-state index in [9.17, 15) is 14.3 Å². The maximum atomic E-state index is 17.1. The standard InChI is InChI=1S/C44H46F2N6O5/c1-3-30-34(45)14-13-27-10-6-11-32(36(27)30)33-23-35(53)37-39(38(33)46)50-43(51-41(37)49-26(2)31-12-7-19-48-40(31)47)57-25-44-17-8-20-52(44)29(15-18-44)24-56-42(54)28-9-4-5-21-55-22-16-28/h1,6-7,10-14,19,23,26,28-29,53H,4-5,8-9,15-18,20-22,24-25H2,2H3,(H2,47,48)(H,49,50,51). The average molecular weight is 777 g/mol. The minimum Gasteiger partial charge on any atom is -0.507 e. The average Bonchev–Trinajstić information content (AvgIpc) is 3.76. The van der Waals surface area contributed by atoms with Gasteiger partial charge in [0.05, 0.1) is 28.4 Å². The SMILES string of the molecule is C#Cc1c(F)ccc2cccc(-c3cc(O)c4c(NC(C)c5cccnc5N)nc(OCC56CCCN5C(COC(=O)C5CCCCOCC5)CC6)nc4c3F)c12. The molecule has 11 nitrogen and oxygen atoms in total. The Morgan fingerprint density at radius 3 is 2.81 bits per heavy atom. The summed E-state index contributed by atoms with van der Waals surface area (Å²) in [5.41, 5.74) is 6.58. The zero-order valence-electron chi connectivity index (χ0n) is 31.9. The van der Waals surface area contributed by atoms with E-state index in [4.69, 9.17) is 31.4 Å². The van der Waals surface area contributed by atoms with Crippen molar-refractivity contribution in [1.29, 1.82) is 0 Å². The third-order valence-electron chi connectivity index (χ3n) is 11.9. The number of nitrogen functional groups attached to an aromatic ring is 1. The zero-order valence-corrected chi connectivity index (χ0v) is 31.9. The lowest BCUT2D eigenvalue weighted by atomic mass is 9.93. The van der Waals surface area contributed by atoms with Crippen molar-refractivity contribution in [1.82, 2.24) is 19.9 Å². The van der Waals surface area contributed by atoms with Gasteiger partial charge in [-0.1, -0.05) is 42.7 Å². The van der Waals surface area contributed by atoms with Gasteiger partial charge >= 0.3 is 12.0 Å². The van der Waals surface area contributed by atoms with Gasteiger partial charge in [-0.15, -0.1) is 6.42 Å². The molecular formula is C44H46F2N6O5. The lowest BCUT2D eigenvalue weighted by Crippen LogP contribution is -2.48. The quantitative estimate of drug-likeness (QED) is 0.0949. The lowest BCUT2D eigenvalue weighted by Gasteiger charge is -2.34. The van der Waals surface area contributed by atoms with Crippen LogP contribution in [0.1, 0.15) is 75.5 Å². The van der Waals surface area contributed by atoms with Crippen LogP contribution in [0.15, 0.2) is 54.7 Å². The van der Waals surface area contributed by atoms with E-state index in [0.29, 0.717) is 47.4 Å². The van der Waals surface area contributed by atoms with Crippen molar-refractivity contribution in [2.75, 3.05) is 44.0 Å². The molecule has 296 valence electrons. The highest BCUT2D eigenvalue weighted by atomic mass is 19.1. The number of fused-ring (bicyclic) bond motifs is 3. The highest BCUT2D eigenvalue weighted by molar-refractivity contribution is 6.05. The summed E-state index contributed by atoms with van der Waals surface area (Å²) in [6.07, 6.45) is 14.2. The summed E-state index contributed by atoms with van der Waals surface area (Å²) < 4.78 is 50.0. The van der Waals surface area contributed by atoms with Crippen LogP contribution in [0, 0.1) is 29.9 Å². The van der Waals surface area contributed by atoms with Crippen LogP contribution in [0.3, 0.4) is 0 Å². The van der Waals surface area contributed by atoms with Gasteiger partial charge in [-0.3, -0.25) is 9.69 Å². The van der Waals surface area contributed by atoms with Gasteiger partial charge in [0.25, 0.3) is 0 Å². The maximum Gasteiger partial charge on any atom is 0.319 e. The predicted octanol–water partition coefficient (Wildman–Crippen LogP) is 7.69. The van der Waals surface area contributed by atoms with E-state index < -0.39 is 17.7 Å².